The molecule has 0 amide bonds. The number of thioether (sulfide) groups is 1. The van der Waals surface area contributed by atoms with Gasteiger partial charge in [0.15, 0.2) is 0 Å². The summed E-state index contributed by atoms with van der Waals surface area (Å²) in [5.41, 5.74) is 2.34. The zero-order valence-corrected chi connectivity index (χ0v) is 12.6. The van der Waals surface area contributed by atoms with Crippen LogP contribution in [-0.2, 0) is 4.79 Å². The topological polar surface area (TPSA) is 52.9 Å². The molecule has 0 aromatic heterocycles. The van der Waals surface area contributed by atoms with Crippen molar-refractivity contribution in [3.63, 3.8) is 0 Å². The quantitative estimate of drug-likeness (QED) is 0.646. The van der Waals surface area contributed by atoms with E-state index in [4.69, 9.17) is 5.26 Å². The Morgan fingerprint density at radius 1 is 1.19 bits per heavy atom. The molecule has 2 aromatic rings. The lowest BCUT2D eigenvalue weighted by molar-refractivity contribution is -0.108. The normalized spacial score (nSPS) is 11.4. The summed E-state index contributed by atoms with van der Waals surface area (Å²) in [5.74, 6) is 1.03. The number of nitrogens with one attached hydrogen (secondary N) is 1. The van der Waals surface area contributed by atoms with E-state index in [2.05, 4.69) is 18.3 Å². The van der Waals surface area contributed by atoms with E-state index in [9.17, 15) is 4.79 Å². The van der Waals surface area contributed by atoms with Gasteiger partial charge in [0, 0.05) is 10.6 Å². The van der Waals surface area contributed by atoms with Crippen LogP contribution in [0.2, 0.25) is 0 Å². The molecule has 0 saturated carbocycles. The Labute approximate surface area is 129 Å². The van der Waals surface area contributed by atoms with E-state index in [0.29, 0.717) is 5.56 Å². The van der Waals surface area contributed by atoms with Gasteiger partial charge in [0.05, 0.1) is 11.6 Å². The molecule has 0 spiro atoms. The van der Waals surface area contributed by atoms with Gasteiger partial charge in [-0.25, -0.2) is 0 Å². The van der Waals surface area contributed by atoms with Crippen LogP contribution in [0.5, 0.6) is 0 Å². The van der Waals surface area contributed by atoms with Gasteiger partial charge in [-0.05, 0) is 47.7 Å². The molecule has 0 aliphatic rings. The van der Waals surface area contributed by atoms with E-state index in [1.54, 1.807) is 36.0 Å². The lowest BCUT2D eigenvalue weighted by Crippen LogP contribution is -2.11. The highest BCUT2D eigenvalue weighted by Gasteiger charge is 2.10. The third-order valence-corrected chi connectivity index (χ3v) is 3.92. The minimum Gasteiger partial charge on any atom is -0.372 e. The fourth-order valence-electron chi connectivity index (χ4n) is 1.95. The first-order chi connectivity index (χ1) is 10.3. The summed E-state index contributed by atoms with van der Waals surface area (Å²) < 4.78 is 0. The Kier molecular flexibility index (Phi) is 5.42. The van der Waals surface area contributed by atoms with Crippen LogP contribution >= 0.6 is 11.8 Å². The highest BCUT2D eigenvalue weighted by Crippen LogP contribution is 2.22. The molecule has 3 nitrogen and oxygen atoms in total. The zero-order chi connectivity index (χ0) is 15.1. The van der Waals surface area contributed by atoms with Gasteiger partial charge in [0.25, 0.3) is 0 Å². The van der Waals surface area contributed by atoms with Gasteiger partial charge in [-0.1, -0.05) is 19.1 Å². The van der Waals surface area contributed by atoms with Crippen LogP contribution < -0.4 is 5.32 Å². The molecule has 4 heteroatoms. The van der Waals surface area contributed by atoms with E-state index in [1.807, 2.05) is 24.3 Å². The predicted octanol–water partition coefficient (Wildman–Crippen LogP) is 4.02. The Morgan fingerprint density at radius 2 is 1.86 bits per heavy atom. The zero-order valence-electron chi connectivity index (χ0n) is 11.7. The molecule has 106 valence electrons. The maximum atomic E-state index is 11.3. The van der Waals surface area contributed by atoms with Crippen LogP contribution in [0.4, 0.5) is 5.69 Å². The molecule has 0 saturated heterocycles. The number of anilines is 1. The number of carbonyl (C=O) groups is 1. The van der Waals surface area contributed by atoms with Gasteiger partial charge in [-0.2, -0.15) is 5.26 Å². The molecule has 21 heavy (non-hydrogen) atoms. The minimum absolute atomic E-state index is 0.390. The molecule has 0 fully saturated rings. The van der Waals surface area contributed by atoms with Gasteiger partial charge in [0.1, 0.15) is 12.3 Å². The molecular formula is C17H16N2OS. The van der Waals surface area contributed by atoms with Crippen molar-refractivity contribution in [1.82, 2.24) is 0 Å². The van der Waals surface area contributed by atoms with Crippen molar-refractivity contribution >= 4 is 23.7 Å². The Hall–Kier alpha value is -2.25. The maximum Gasteiger partial charge on any atom is 0.146 e. The molecule has 2 aromatic carbocycles. The summed E-state index contributed by atoms with van der Waals surface area (Å²) in [6.07, 6.45) is 0.889. The van der Waals surface area contributed by atoms with E-state index in [0.717, 1.165) is 23.3 Å². The van der Waals surface area contributed by atoms with Crippen LogP contribution in [0.3, 0.4) is 0 Å². The summed E-state index contributed by atoms with van der Waals surface area (Å²) in [6, 6.07) is 16.7. The molecule has 1 N–H and O–H groups in total. The number of carbonyl (C=O) groups excluding carboxylic acids is 1. The van der Waals surface area contributed by atoms with Crippen LogP contribution in [-0.4, -0.2) is 12.0 Å². The molecule has 1 atom stereocenters. The van der Waals surface area contributed by atoms with E-state index in [1.165, 1.54) is 4.90 Å². The maximum absolute atomic E-state index is 11.3. The van der Waals surface area contributed by atoms with Gasteiger partial charge in [0.2, 0.25) is 0 Å². The third-order valence-electron chi connectivity index (χ3n) is 3.02. The highest BCUT2D eigenvalue weighted by molar-refractivity contribution is 7.99. The van der Waals surface area contributed by atoms with Crippen molar-refractivity contribution < 1.29 is 4.79 Å². The van der Waals surface area contributed by atoms with Crippen LogP contribution in [0.25, 0.3) is 0 Å². The van der Waals surface area contributed by atoms with Crippen molar-refractivity contribution in [3.05, 3.63) is 59.7 Å². The van der Waals surface area contributed by atoms with E-state index >= 15 is 0 Å². The lowest BCUT2D eigenvalue weighted by atomic mass is 10.1. The largest absolute Gasteiger partial charge is 0.372 e. The first kappa shape index (κ1) is 15.1. The summed E-state index contributed by atoms with van der Waals surface area (Å²) >= 11 is 1.77. The van der Waals surface area contributed by atoms with Crippen molar-refractivity contribution in [1.29, 1.82) is 5.26 Å². The van der Waals surface area contributed by atoms with Crippen molar-refractivity contribution in [2.45, 2.75) is 17.9 Å². The monoisotopic (exact) mass is 296 g/mol. The molecule has 0 aliphatic carbocycles. The fourth-order valence-corrected chi connectivity index (χ4v) is 2.62. The number of nitrogens with zero attached hydrogens (tertiary/aromatic N) is 1. The minimum atomic E-state index is -0.390. The molecular weight excluding hydrogens is 280 g/mol. The molecule has 0 bridgehead atoms. The smallest absolute Gasteiger partial charge is 0.146 e. The second-order valence-corrected chi connectivity index (χ2v) is 5.79. The first-order valence-electron chi connectivity index (χ1n) is 6.71. The van der Waals surface area contributed by atoms with Crippen LogP contribution in [0, 0.1) is 11.3 Å². The van der Waals surface area contributed by atoms with Gasteiger partial charge in [-0.15, -0.1) is 11.8 Å². The van der Waals surface area contributed by atoms with Crippen molar-refractivity contribution in [2.24, 2.45) is 0 Å². The van der Waals surface area contributed by atoms with E-state index in [-0.39, 0.29) is 0 Å². The molecule has 1 unspecified atom stereocenters. The lowest BCUT2D eigenvalue weighted by Gasteiger charge is -2.15. The third kappa shape index (κ3) is 4.11. The Morgan fingerprint density at radius 3 is 2.38 bits per heavy atom. The second-order valence-electron chi connectivity index (χ2n) is 4.45. The summed E-state index contributed by atoms with van der Waals surface area (Å²) in [5, 5.41) is 11.9. The number of rotatable bonds is 6. The Bertz CT molecular complexity index is 629. The fraction of sp³-hybridized carbons (Fsp3) is 0.176. The first-order valence-corrected chi connectivity index (χ1v) is 7.70. The number of benzene rings is 2. The standard InChI is InChI=1S/C17H16N2OS/c1-2-21-16-9-5-14(6-10-16)17(12-20)19-15-7-3-13(11-18)4-8-15/h3-10,12,17,19H,2H2,1H3. The van der Waals surface area contributed by atoms with Crippen LogP contribution in [0.15, 0.2) is 53.4 Å². The van der Waals surface area contributed by atoms with Crippen LogP contribution in [0.1, 0.15) is 24.1 Å². The molecule has 0 aliphatic heterocycles. The number of aldehydes is 1. The van der Waals surface area contributed by atoms with Crippen molar-refractivity contribution in [3.8, 4) is 6.07 Å². The van der Waals surface area contributed by atoms with E-state index < -0.39 is 6.04 Å². The van der Waals surface area contributed by atoms with Gasteiger partial charge in [-0.3, -0.25) is 0 Å². The predicted molar refractivity (Wildman–Crippen MR) is 86.4 cm³/mol. The van der Waals surface area contributed by atoms with Crippen molar-refractivity contribution in [2.75, 3.05) is 11.1 Å². The Balaban J connectivity index is 2.11. The SMILES string of the molecule is CCSc1ccc(C(C=O)Nc2ccc(C#N)cc2)cc1. The van der Waals surface area contributed by atoms with Gasteiger partial charge < -0.3 is 10.1 Å². The average Bonchev–Trinajstić information content (AvgIpc) is 2.54. The summed E-state index contributed by atoms with van der Waals surface area (Å²) in [4.78, 5) is 12.5. The molecule has 2 rings (SSSR count). The average molecular weight is 296 g/mol. The highest BCUT2D eigenvalue weighted by atomic mass is 32.2. The number of nitriles is 1. The van der Waals surface area contributed by atoms with Gasteiger partial charge >= 0.3 is 0 Å². The molecule has 0 radical (unpaired) electrons. The summed E-state index contributed by atoms with van der Waals surface area (Å²) in [7, 11) is 0. The summed E-state index contributed by atoms with van der Waals surface area (Å²) in [6.45, 7) is 2.11. The molecule has 0 heterocycles. The number of hydrogen-bond acceptors (Lipinski definition) is 4. The second kappa shape index (κ2) is 7.51. The number of hydrogen-bond donors (Lipinski definition) is 1.